The topological polar surface area (TPSA) is 46.2 Å². The number of nitrogens with one attached hydrogen (secondary N) is 1. The molecule has 5 heteroatoms. The lowest BCUT2D eigenvalue weighted by atomic mass is 10.1. The molecule has 0 saturated carbocycles. The molecule has 116 valence electrons. The molecule has 0 heterocycles. The largest absolute Gasteiger partial charge is 0.326 e. The zero-order valence-electron chi connectivity index (χ0n) is 12.6. The van der Waals surface area contributed by atoms with Gasteiger partial charge >= 0.3 is 0 Å². The molecule has 0 saturated heterocycles. The van der Waals surface area contributed by atoms with Gasteiger partial charge in [0, 0.05) is 33.5 Å². The summed E-state index contributed by atoms with van der Waals surface area (Å²) < 4.78 is 11.4. The van der Waals surface area contributed by atoms with Crippen LogP contribution in [-0.4, -0.2) is 16.4 Å². The number of amides is 1. The third-order valence-corrected chi connectivity index (χ3v) is 4.29. The Morgan fingerprint density at radius 3 is 2.64 bits per heavy atom. The fourth-order valence-electron chi connectivity index (χ4n) is 2.22. The molecule has 0 aliphatic heterocycles. The summed E-state index contributed by atoms with van der Waals surface area (Å²) in [5.74, 6) is 0.393. The predicted octanol–water partition coefficient (Wildman–Crippen LogP) is 3.71. The van der Waals surface area contributed by atoms with E-state index in [0.717, 1.165) is 22.4 Å². The Morgan fingerprint density at radius 1 is 1.23 bits per heavy atom. The van der Waals surface area contributed by atoms with Crippen molar-refractivity contribution in [1.82, 2.24) is 0 Å². The lowest BCUT2D eigenvalue weighted by Crippen LogP contribution is -2.15. The highest BCUT2D eigenvalue weighted by atomic mass is 35.5. The number of hydrogen-bond acceptors (Lipinski definition) is 2. The van der Waals surface area contributed by atoms with Crippen molar-refractivity contribution in [3.63, 3.8) is 0 Å². The highest BCUT2D eigenvalue weighted by Crippen LogP contribution is 2.20. The van der Waals surface area contributed by atoms with Crippen LogP contribution in [0, 0.1) is 6.92 Å². The highest BCUT2D eigenvalue weighted by molar-refractivity contribution is 7.83. The monoisotopic (exact) mass is 335 g/mol. The quantitative estimate of drug-likeness (QED) is 0.905. The van der Waals surface area contributed by atoms with Crippen LogP contribution in [-0.2, 0) is 27.8 Å². The molecule has 0 aliphatic carbocycles. The Morgan fingerprint density at radius 2 is 1.95 bits per heavy atom. The average Bonchev–Trinajstić information content (AvgIpc) is 2.42. The number of benzene rings is 2. The lowest BCUT2D eigenvalue weighted by Gasteiger charge is -2.12. The van der Waals surface area contributed by atoms with Gasteiger partial charge in [-0.3, -0.25) is 9.00 Å². The molecular formula is C17H18ClNO2S. The van der Waals surface area contributed by atoms with Crippen molar-refractivity contribution in [2.45, 2.75) is 19.1 Å². The summed E-state index contributed by atoms with van der Waals surface area (Å²) in [6.07, 6.45) is 1.94. The maximum absolute atomic E-state index is 12.2. The molecule has 2 aromatic rings. The first-order chi connectivity index (χ1) is 10.5. The Kier molecular flexibility index (Phi) is 5.75. The molecule has 1 amide bonds. The fraction of sp³-hybridized carbons (Fsp3) is 0.235. The second kappa shape index (κ2) is 7.56. The van der Waals surface area contributed by atoms with Crippen LogP contribution in [0.2, 0.25) is 5.02 Å². The van der Waals surface area contributed by atoms with E-state index >= 15 is 0 Å². The Balaban J connectivity index is 2.10. The van der Waals surface area contributed by atoms with E-state index in [-0.39, 0.29) is 12.3 Å². The molecule has 0 spiro atoms. The maximum Gasteiger partial charge on any atom is 0.228 e. The van der Waals surface area contributed by atoms with Gasteiger partial charge in [-0.15, -0.1) is 0 Å². The first-order valence-electron chi connectivity index (χ1n) is 6.88. The zero-order chi connectivity index (χ0) is 16.1. The average molecular weight is 336 g/mol. The number of carbonyl (C=O) groups excluding carboxylic acids is 1. The number of rotatable bonds is 5. The molecule has 0 aromatic heterocycles. The zero-order valence-corrected chi connectivity index (χ0v) is 14.1. The van der Waals surface area contributed by atoms with Crippen LogP contribution in [0.5, 0.6) is 0 Å². The van der Waals surface area contributed by atoms with E-state index < -0.39 is 10.8 Å². The minimum atomic E-state index is -0.909. The van der Waals surface area contributed by atoms with Crippen molar-refractivity contribution in [3.8, 4) is 0 Å². The van der Waals surface area contributed by atoms with E-state index in [1.165, 1.54) is 0 Å². The second-order valence-corrected chi connectivity index (χ2v) is 7.03. The van der Waals surface area contributed by atoms with E-state index in [2.05, 4.69) is 5.32 Å². The van der Waals surface area contributed by atoms with Gasteiger partial charge in [-0.2, -0.15) is 0 Å². The third kappa shape index (κ3) is 4.68. The van der Waals surface area contributed by atoms with Crippen LogP contribution < -0.4 is 5.32 Å². The van der Waals surface area contributed by atoms with Crippen LogP contribution in [0.25, 0.3) is 0 Å². The van der Waals surface area contributed by atoms with E-state index in [1.807, 2.05) is 37.3 Å². The van der Waals surface area contributed by atoms with Crippen molar-refractivity contribution >= 4 is 34.0 Å². The van der Waals surface area contributed by atoms with Gasteiger partial charge in [0.1, 0.15) is 0 Å². The molecule has 0 bridgehead atoms. The van der Waals surface area contributed by atoms with Crippen molar-refractivity contribution in [1.29, 1.82) is 0 Å². The number of halogens is 1. The van der Waals surface area contributed by atoms with Crippen LogP contribution in [0.3, 0.4) is 0 Å². The van der Waals surface area contributed by atoms with Crippen LogP contribution in [0.15, 0.2) is 42.5 Å². The number of anilines is 1. The molecule has 0 unspecified atom stereocenters. The smallest absolute Gasteiger partial charge is 0.228 e. The summed E-state index contributed by atoms with van der Waals surface area (Å²) in [4.78, 5) is 12.2. The fourth-order valence-corrected chi connectivity index (χ4v) is 3.18. The van der Waals surface area contributed by atoms with Gasteiger partial charge in [0.2, 0.25) is 5.91 Å². The molecule has 1 N–H and O–H groups in total. The Hall–Kier alpha value is -1.65. The van der Waals surface area contributed by atoms with Crippen molar-refractivity contribution in [2.75, 3.05) is 11.6 Å². The minimum absolute atomic E-state index is 0.0971. The molecule has 22 heavy (non-hydrogen) atoms. The first-order valence-corrected chi connectivity index (χ1v) is 8.99. The van der Waals surface area contributed by atoms with Gasteiger partial charge in [-0.25, -0.2) is 0 Å². The van der Waals surface area contributed by atoms with Crippen LogP contribution in [0.4, 0.5) is 5.69 Å². The highest BCUT2D eigenvalue weighted by Gasteiger charge is 2.09. The van der Waals surface area contributed by atoms with Gasteiger partial charge in [-0.1, -0.05) is 35.9 Å². The summed E-state index contributed by atoms with van der Waals surface area (Å²) in [5, 5.41) is 3.53. The maximum atomic E-state index is 12.2. The van der Waals surface area contributed by atoms with E-state index in [1.54, 1.807) is 18.4 Å². The van der Waals surface area contributed by atoms with E-state index in [9.17, 15) is 9.00 Å². The van der Waals surface area contributed by atoms with Crippen molar-refractivity contribution < 1.29 is 9.00 Å². The van der Waals surface area contributed by atoms with Crippen LogP contribution in [0.1, 0.15) is 16.7 Å². The summed E-state index contributed by atoms with van der Waals surface area (Å²) in [7, 11) is -0.909. The van der Waals surface area contributed by atoms with Gasteiger partial charge in [0.15, 0.2) is 0 Å². The van der Waals surface area contributed by atoms with Gasteiger partial charge in [0.25, 0.3) is 0 Å². The van der Waals surface area contributed by atoms with E-state index in [4.69, 9.17) is 11.6 Å². The second-order valence-electron chi connectivity index (χ2n) is 5.16. The number of carbonyl (C=O) groups is 1. The Labute approximate surface area is 138 Å². The van der Waals surface area contributed by atoms with Crippen LogP contribution >= 0.6 is 11.6 Å². The summed E-state index contributed by atoms with van der Waals surface area (Å²) in [6, 6.07) is 12.9. The normalized spacial score (nSPS) is 12.0. The molecule has 2 aromatic carbocycles. The summed E-state index contributed by atoms with van der Waals surface area (Å²) in [5.41, 5.74) is 3.57. The Bertz CT molecular complexity index is 716. The lowest BCUT2D eigenvalue weighted by molar-refractivity contribution is -0.115. The molecular weight excluding hydrogens is 318 g/mol. The number of hydrogen-bond donors (Lipinski definition) is 1. The van der Waals surface area contributed by atoms with Gasteiger partial charge in [0.05, 0.1) is 6.42 Å². The molecule has 3 nitrogen and oxygen atoms in total. The summed E-state index contributed by atoms with van der Waals surface area (Å²) >= 11 is 5.92. The molecule has 0 fully saturated rings. The standard InChI is InChI=1S/C17H18ClNO2S/c1-12-14(11-22(2)21)6-4-8-16(12)19-17(20)10-13-5-3-7-15(18)9-13/h3-9H,10-11H2,1-2H3,(H,19,20)/t22-/m0/s1. The van der Waals surface area contributed by atoms with Gasteiger partial charge < -0.3 is 5.32 Å². The summed E-state index contributed by atoms with van der Waals surface area (Å²) in [6.45, 7) is 1.93. The van der Waals surface area contributed by atoms with Crippen molar-refractivity contribution in [3.05, 3.63) is 64.2 Å². The third-order valence-electron chi connectivity index (χ3n) is 3.33. The minimum Gasteiger partial charge on any atom is -0.326 e. The van der Waals surface area contributed by atoms with E-state index in [0.29, 0.717) is 10.8 Å². The molecule has 1 atom stereocenters. The molecule has 2 rings (SSSR count). The SMILES string of the molecule is Cc1c(C[S@](C)=O)cccc1NC(=O)Cc1cccc(Cl)c1. The predicted molar refractivity (Wildman–Crippen MR) is 92.7 cm³/mol. The van der Waals surface area contributed by atoms with Crippen molar-refractivity contribution in [2.24, 2.45) is 0 Å². The molecule has 0 aliphatic rings. The molecule has 0 radical (unpaired) electrons. The first kappa shape index (κ1) is 16.7. The van der Waals surface area contributed by atoms with Gasteiger partial charge in [-0.05, 0) is 41.8 Å².